The van der Waals surface area contributed by atoms with Gasteiger partial charge in [0.25, 0.3) is 0 Å². The van der Waals surface area contributed by atoms with Crippen LogP contribution in [0.2, 0.25) is 0 Å². The Morgan fingerprint density at radius 3 is 1.08 bits per heavy atom. The topological polar surface area (TPSA) is 0 Å². The Morgan fingerprint density at radius 2 is 0.917 bits per heavy atom. The van der Waals surface area contributed by atoms with Crippen LogP contribution >= 0.6 is 0 Å². The molecule has 0 fully saturated rings. The molecule has 0 aliphatic rings. The maximum Gasteiger partial charge on any atom is 0.389 e. The molecule has 12 heavy (non-hydrogen) atoms. The summed E-state index contributed by atoms with van der Waals surface area (Å²) < 4.78 is 67.6. The number of rotatable bonds is 2. The van der Waals surface area contributed by atoms with Gasteiger partial charge in [0.2, 0.25) is 0 Å². The molecule has 76 valence electrons. The minimum atomic E-state index is -4.48. The molecule has 0 unspecified atom stereocenters. The number of hydrogen-bond donors (Lipinski definition) is 0. The first-order valence-corrected chi connectivity index (χ1v) is 2.84. The number of halogens is 6. The fourth-order valence-corrected chi connectivity index (χ4v) is 0.489. The first-order valence-electron chi connectivity index (χ1n) is 2.84. The summed E-state index contributed by atoms with van der Waals surface area (Å²) in [6.45, 7) is 0. The summed E-state index contributed by atoms with van der Waals surface area (Å²) in [5.74, 6) is 0. The monoisotopic (exact) mass is 282 g/mol. The van der Waals surface area contributed by atoms with Crippen molar-refractivity contribution >= 4 is 0 Å². The van der Waals surface area contributed by atoms with E-state index in [1.807, 2.05) is 0 Å². The van der Waals surface area contributed by atoms with Crippen LogP contribution in [-0.4, -0.2) is 12.4 Å². The molecular formula is C5H6F6Ru. The van der Waals surface area contributed by atoms with E-state index in [2.05, 4.69) is 0 Å². The van der Waals surface area contributed by atoms with Crippen LogP contribution in [0.3, 0.4) is 0 Å². The quantitative estimate of drug-likeness (QED) is 0.538. The molecule has 0 amide bonds. The fourth-order valence-electron chi connectivity index (χ4n) is 0.489. The van der Waals surface area contributed by atoms with Crippen molar-refractivity contribution in [3.63, 3.8) is 0 Å². The Bertz CT molecular complexity index is 100. The van der Waals surface area contributed by atoms with Gasteiger partial charge in [-0.05, 0) is 6.42 Å². The van der Waals surface area contributed by atoms with Crippen molar-refractivity contribution in [3.05, 3.63) is 0 Å². The largest absolute Gasteiger partial charge is 0.389 e. The fraction of sp³-hybridized carbons (Fsp3) is 1.00. The van der Waals surface area contributed by atoms with Gasteiger partial charge >= 0.3 is 12.4 Å². The average molecular weight is 281 g/mol. The molecule has 0 atom stereocenters. The summed E-state index contributed by atoms with van der Waals surface area (Å²) in [6.07, 6.45) is -12.6. The predicted octanol–water partition coefficient (Wildman–Crippen LogP) is 3.28. The van der Waals surface area contributed by atoms with E-state index in [1.165, 1.54) is 0 Å². The molecule has 0 aromatic carbocycles. The van der Waals surface area contributed by atoms with Crippen molar-refractivity contribution in [2.24, 2.45) is 0 Å². The second kappa shape index (κ2) is 5.05. The Hall–Kier alpha value is 0.203. The maximum atomic E-state index is 11.3. The summed E-state index contributed by atoms with van der Waals surface area (Å²) in [6, 6.07) is 0. The summed E-state index contributed by atoms with van der Waals surface area (Å²) >= 11 is 0. The molecule has 0 N–H and O–H groups in total. The van der Waals surface area contributed by atoms with Crippen molar-refractivity contribution in [2.75, 3.05) is 0 Å². The number of alkyl halides is 6. The molecule has 0 heterocycles. The zero-order chi connectivity index (χ0) is 9.12. The SMILES string of the molecule is FC(F)(F)CCCC(F)(F)F.[Ru]. The van der Waals surface area contributed by atoms with Crippen molar-refractivity contribution in [1.82, 2.24) is 0 Å². The molecule has 0 spiro atoms. The first kappa shape index (κ1) is 14.7. The van der Waals surface area contributed by atoms with E-state index in [1.54, 1.807) is 0 Å². The molecule has 0 saturated heterocycles. The van der Waals surface area contributed by atoms with Crippen LogP contribution in [0.5, 0.6) is 0 Å². The summed E-state index contributed by atoms with van der Waals surface area (Å²) in [5, 5.41) is 0. The van der Waals surface area contributed by atoms with E-state index >= 15 is 0 Å². The van der Waals surface area contributed by atoms with Crippen LogP contribution in [0, 0.1) is 0 Å². The predicted molar refractivity (Wildman–Crippen MR) is 26.0 cm³/mol. The zero-order valence-electron chi connectivity index (χ0n) is 5.74. The Balaban J connectivity index is 0. The third-order valence-electron chi connectivity index (χ3n) is 0.921. The van der Waals surface area contributed by atoms with Crippen molar-refractivity contribution in [2.45, 2.75) is 31.6 Å². The molecular weight excluding hydrogens is 275 g/mol. The van der Waals surface area contributed by atoms with Gasteiger partial charge in [0.05, 0.1) is 0 Å². The van der Waals surface area contributed by atoms with Gasteiger partial charge in [0.15, 0.2) is 0 Å². The third kappa shape index (κ3) is 12.8. The van der Waals surface area contributed by atoms with E-state index < -0.39 is 31.6 Å². The molecule has 7 heteroatoms. The Kier molecular flexibility index (Phi) is 6.19. The Labute approximate surface area is 78.1 Å². The van der Waals surface area contributed by atoms with Crippen molar-refractivity contribution in [1.29, 1.82) is 0 Å². The van der Waals surface area contributed by atoms with Gasteiger partial charge < -0.3 is 0 Å². The van der Waals surface area contributed by atoms with E-state index in [0.29, 0.717) is 0 Å². The first-order chi connectivity index (χ1) is 4.71. The summed E-state index contributed by atoms with van der Waals surface area (Å²) in [5.41, 5.74) is 0. The molecule has 0 saturated carbocycles. The standard InChI is InChI=1S/C5H6F6.Ru/c6-4(7,8)2-1-3-5(9,10)11;/h1-3H2;. The molecule has 0 aliphatic carbocycles. The van der Waals surface area contributed by atoms with Crippen LogP contribution in [0.25, 0.3) is 0 Å². The number of hydrogen-bond acceptors (Lipinski definition) is 0. The third-order valence-corrected chi connectivity index (χ3v) is 0.921. The summed E-state index contributed by atoms with van der Waals surface area (Å²) in [4.78, 5) is 0. The molecule has 0 rings (SSSR count). The van der Waals surface area contributed by atoms with Gasteiger partial charge in [-0.3, -0.25) is 0 Å². The van der Waals surface area contributed by atoms with Gasteiger partial charge in [-0.25, -0.2) is 0 Å². The molecule has 0 nitrogen and oxygen atoms in total. The minimum absolute atomic E-state index is 0. The average Bonchev–Trinajstić information content (AvgIpc) is 1.55. The molecule has 0 aromatic heterocycles. The second-order valence-corrected chi connectivity index (χ2v) is 2.08. The van der Waals surface area contributed by atoms with E-state index in [9.17, 15) is 26.3 Å². The molecule has 0 aliphatic heterocycles. The van der Waals surface area contributed by atoms with Crippen molar-refractivity contribution in [3.8, 4) is 0 Å². The van der Waals surface area contributed by atoms with Gasteiger partial charge in [0.1, 0.15) is 0 Å². The van der Waals surface area contributed by atoms with Crippen molar-refractivity contribution < 1.29 is 45.8 Å². The second-order valence-electron chi connectivity index (χ2n) is 2.08. The van der Waals surface area contributed by atoms with Crippen LogP contribution < -0.4 is 0 Å². The van der Waals surface area contributed by atoms with Gasteiger partial charge in [-0.2, -0.15) is 26.3 Å². The van der Waals surface area contributed by atoms with Gasteiger partial charge in [0, 0.05) is 32.3 Å². The van der Waals surface area contributed by atoms with Gasteiger partial charge in [-0.15, -0.1) is 0 Å². The van der Waals surface area contributed by atoms with Crippen LogP contribution in [0.15, 0.2) is 0 Å². The van der Waals surface area contributed by atoms with E-state index in [4.69, 9.17) is 0 Å². The minimum Gasteiger partial charge on any atom is -0.171 e. The van der Waals surface area contributed by atoms with Crippen LogP contribution in [-0.2, 0) is 19.5 Å². The van der Waals surface area contributed by atoms with Crippen LogP contribution in [0.1, 0.15) is 19.3 Å². The maximum absolute atomic E-state index is 11.3. The van der Waals surface area contributed by atoms with Crippen LogP contribution in [0.4, 0.5) is 26.3 Å². The smallest absolute Gasteiger partial charge is 0.171 e. The normalized spacial score (nSPS) is 12.5. The molecule has 0 radical (unpaired) electrons. The molecule has 0 aromatic rings. The Morgan fingerprint density at radius 1 is 0.667 bits per heavy atom. The zero-order valence-corrected chi connectivity index (χ0v) is 7.48. The van der Waals surface area contributed by atoms with Gasteiger partial charge in [-0.1, -0.05) is 0 Å². The van der Waals surface area contributed by atoms with E-state index in [-0.39, 0.29) is 19.5 Å². The van der Waals surface area contributed by atoms with E-state index in [0.717, 1.165) is 0 Å². The summed E-state index contributed by atoms with van der Waals surface area (Å²) in [7, 11) is 0. The molecule has 0 bridgehead atoms.